The highest BCUT2D eigenvalue weighted by Crippen LogP contribution is 2.31. The number of rotatable bonds is 3. The molecule has 0 aliphatic carbocycles. The second-order valence-corrected chi connectivity index (χ2v) is 4.98. The van der Waals surface area contributed by atoms with Crippen LogP contribution in [0.2, 0.25) is 0 Å². The second kappa shape index (κ2) is 5.50. The summed E-state index contributed by atoms with van der Waals surface area (Å²) in [5.74, 6) is -2.28. The van der Waals surface area contributed by atoms with E-state index in [0.717, 1.165) is 0 Å². The summed E-state index contributed by atoms with van der Waals surface area (Å²) in [5, 5.41) is 28.2. The van der Waals surface area contributed by atoms with E-state index in [1.165, 1.54) is 12.1 Å². The fraction of sp³-hybridized carbons (Fsp3) is 0.429. The molecule has 0 radical (unpaired) electrons. The van der Waals surface area contributed by atoms with E-state index in [-0.39, 0.29) is 16.8 Å². The van der Waals surface area contributed by atoms with Gasteiger partial charge in [-0.3, -0.25) is 0 Å². The van der Waals surface area contributed by atoms with Gasteiger partial charge in [-0.25, -0.2) is 9.59 Å². The lowest BCUT2D eigenvalue weighted by atomic mass is 9.98. The molecule has 1 fully saturated rings. The van der Waals surface area contributed by atoms with Crippen LogP contribution in [-0.2, 0) is 0 Å². The summed E-state index contributed by atoms with van der Waals surface area (Å²) in [6.07, 6.45) is 0.607. The van der Waals surface area contributed by atoms with Crippen molar-refractivity contribution in [2.24, 2.45) is 0 Å². The first kappa shape index (κ1) is 14.3. The van der Waals surface area contributed by atoms with E-state index in [9.17, 15) is 24.9 Å². The van der Waals surface area contributed by atoms with Crippen LogP contribution in [0.3, 0.4) is 0 Å². The highest BCUT2D eigenvalue weighted by molar-refractivity contribution is 6.04. The molecule has 20 heavy (non-hydrogen) atoms. The number of nitrogens with zero attached hydrogens (tertiary/aromatic N) is 1. The largest absolute Gasteiger partial charge is 0.478 e. The molecule has 0 saturated carbocycles. The fourth-order valence-electron chi connectivity index (χ4n) is 2.55. The number of aromatic carboxylic acids is 2. The smallest absolute Gasteiger partial charge is 0.338 e. The summed E-state index contributed by atoms with van der Waals surface area (Å²) < 4.78 is 0. The molecule has 0 amide bonds. The Kier molecular flexibility index (Phi) is 3.94. The number of carbonyl (C=O) groups is 2. The van der Waals surface area contributed by atoms with Crippen molar-refractivity contribution < 1.29 is 24.9 Å². The van der Waals surface area contributed by atoms with Crippen molar-refractivity contribution in [1.29, 1.82) is 0 Å². The Morgan fingerprint density at radius 3 is 2.25 bits per heavy atom. The predicted molar refractivity (Wildman–Crippen MR) is 72.6 cm³/mol. The molecule has 1 aromatic rings. The van der Waals surface area contributed by atoms with Gasteiger partial charge in [0.1, 0.15) is 0 Å². The van der Waals surface area contributed by atoms with E-state index in [1.807, 2.05) is 0 Å². The normalized spacial score (nSPS) is 16.2. The molecule has 0 aromatic heterocycles. The summed E-state index contributed by atoms with van der Waals surface area (Å²) in [4.78, 5) is 24.5. The summed E-state index contributed by atoms with van der Waals surface area (Å²) in [5.41, 5.74) is 0.797. The Hall–Kier alpha value is -2.08. The number of aliphatic hydroxyl groups is 1. The van der Waals surface area contributed by atoms with Gasteiger partial charge in [0.25, 0.3) is 0 Å². The molecule has 108 valence electrons. The van der Waals surface area contributed by atoms with Gasteiger partial charge in [0, 0.05) is 13.1 Å². The summed E-state index contributed by atoms with van der Waals surface area (Å²) >= 11 is 0. The minimum atomic E-state index is -1.14. The molecule has 3 N–H and O–H groups in total. The maximum atomic E-state index is 11.5. The molecule has 1 heterocycles. The van der Waals surface area contributed by atoms with E-state index in [0.29, 0.717) is 31.5 Å². The monoisotopic (exact) mass is 279 g/mol. The van der Waals surface area contributed by atoms with Gasteiger partial charge in [-0.05, 0) is 31.4 Å². The summed E-state index contributed by atoms with van der Waals surface area (Å²) in [7, 11) is 0. The van der Waals surface area contributed by atoms with Crippen molar-refractivity contribution in [2.45, 2.75) is 25.9 Å². The van der Waals surface area contributed by atoms with Gasteiger partial charge in [-0.1, -0.05) is 6.07 Å². The van der Waals surface area contributed by atoms with E-state index in [1.54, 1.807) is 11.8 Å². The van der Waals surface area contributed by atoms with Crippen LogP contribution >= 0.6 is 0 Å². The quantitative estimate of drug-likeness (QED) is 0.772. The van der Waals surface area contributed by atoms with Crippen LogP contribution in [0.25, 0.3) is 0 Å². The van der Waals surface area contributed by atoms with Gasteiger partial charge in [0.05, 0.1) is 22.9 Å². The molecule has 1 aliphatic rings. The number of piperidine rings is 1. The van der Waals surface area contributed by atoms with Gasteiger partial charge < -0.3 is 20.2 Å². The highest BCUT2D eigenvalue weighted by Gasteiger charge is 2.27. The molecule has 0 unspecified atom stereocenters. The fourth-order valence-corrected chi connectivity index (χ4v) is 2.55. The first-order chi connectivity index (χ1) is 9.41. The average Bonchev–Trinajstić information content (AvgIpc) is 2.38. The molecule has 6 heteroatoms. The average molecular weight is 279 g/mol. The molecule has 1 aromatic carbocycles. The maximum absolute atomic E-state index is 11.5. The molecule has 0 atom stereocenters. The number of aryl methyl sites for hydroxylation is 1. The third-order valence-electron chi connectivity index (χ3n) is 3.61. The third kappa shape index (κ3) is 2.60. The predicted octanol–water partition coefficient (Wildman–Crippen LogP) is 1.35. The van der Waals surface area contributed by atoms with Gasteiger partial charge in [-0.15, -0.1) is 0 Å². The number of carboxylic acids is 2. The van der Waals surface area contributed by atoms with E-state index >= 15 is 0 Å². The number of hydrogen-bond donors (Lipinski definition) is 3. The van der Waals surface area contributed by atoms with Crippen molar-refractivity contribution in [3.63, 3.8) is 0 Å². The Balaban J connectivity index is 2.55. The van der Waals surface area contributed by atoms with Crippen LogP contribution in [0.1, 0.15) is 39.1 Å². The second-order valence-electron chi connectivity index (χ2n) is 4.98. The molecular formula is C14H17NO5. The lowest BCUT2D eigenvalue weighted by Crippen LogP contribution is -2.37. The molecule has 0 bridgehead atoms. The number of carboxylic acid groups (broad SMARTS) is 2. The van der Waals surface area contributed by atoms with Gasteiger partial charge in [-0.2, -0.15) is 0 Å². The Bertz CT molecular complexity index is 547. The molecular weight excluding hydrogens is 262 g/mol. The van der Waals surface area contributed by atoms with Crippen molar-refractivity contribution in [1.82, 2.24) is 0 Å². The van der Waals surface area contributed by atoms with Gasteiger partial charge >= 0.3 is 11.9 Å². The molecule has 0 spiro atoms. The Labute approximate surface area is 116 Å². The number of benzene rings is 1. The van der Waals surface area contributed by atoms with E-state index in [2.05, 4.69) is 0 Å². The van der Waals surface area contributed by atoms with Crippen LogP contribution < -0.4 is 4.90 Å². The first-order valence-electron chi connectivity index (χ1n) is 6.45. The van der Waals surface area contributed by atoms with Crippen molar-refractivity contribution >= 4 is 17.6 Å². The summed E-state index contributed by atoms with van der Waals surface area (Å²) in [6.45, 7) is 2.55. The molecule has 6 nitrogen and oxygen atoms in total. The minimum Gasteiger partial charge on any atom is -0.478 e. The van der Waals surface area contributed by atoms with E-state index < -0.39 is 18.0 Å². The number of hydrogen-bond acceptors (Lipinski definition) is 4. The lowest BCUT2D eigenvalue weighted by Gasteiger charge is -2.33. The van der Waals surface area contributed by atoms with Crippen LogP contribution in [0.15, 0.2) is 12.1 Å². The highest BCUT2D eigenvalue weighted by atomic mass is 16.4. The molecule has 2 rings (SSSR count). The Morgan fingerprint density at radius 1 is 1.15 bits per heavy atom. The van der Waals surface area contributed by atoms with Crippen molar-refractivity contribution in [3.05, 3.63) is 28.8 Å². The van der Waals surface area contributed by atoms with Crippen LogP contribution in [-0.4, -0.2) is 46.5 Å². The van der Waals surface area contributed by atoms with Crippen LogP contribution in [0.5, 0.6) is 0 Å². The zero-order valence-electron chi connectivity index (χ0n) is 11.2. The topological polar surface area (TPSA) is 98.1 Å². The van der Waals surface area contributed by atoms with E-state index in [4.69, 9.17) is 0 Å². The van der Waals surface area contributed by atoms with Crippen LogP contribution in [0, 0.1) is 6.92 Å². The van der Waals surface area contributed by atoms with Crippen LogP contribution in [0.4, 0.5) is 5.69 Å². The third-order valence-corrected chi connectivity index (χ3v) is 3.61. The zero-order valence-corrected chi connectivity index (χ0v) is 11.2. The Morgan fingerprint density at radius 2 is 1.75 bits per heavy atom. The first-order valence-corrected chi connectivity index (χ1v) is 6.45. The molecule has 1 aliphatic heterocycles. The van der Waals surface area contributed by atoms with Crippen molar-refractivity contribution in [2.75, 3.05) is 18.0 Å². The van der Waals surface area contributed by atoms with Crippen molar-refractivity contribution in [3.8, 4) is 0 Å². The lowest BCUT2D eigenvalue weighted by molar-refractivity contribution is 0.0695. The standard InChI is InChI=1S/C14H17NO5/c1-8-2-3-10(13(17)18)12(11(8)14(19)20)15-6-4-9(16)5-7-15/h2-3,9,16H,4-7H2,1H3,(H,17,18)(H,19,20). The minimum absolute atomic E-state index is 0.00982. The molecule has 1 saturated heterocycles. The summed E-state index contributed by atoms with van der Waals surface area (Å²) in [6, 6.07) is 2.94. The maximum Gasteiger partial charge on any atom is 0.338 e. The number of anilines is 1. The number of aliphatic hydroxyl groups excluding tert-OH is 1. The SMILES string of the molecule is Cc1ccc(C(=O)O)c(N2CCC(O)CC2)c1C(=O)O. The van der Waals surface area contributed by atoms with Gasteiger partial charge in [0.15, 0.2) is 0 Å². The zero-order chi connectivity index (χ0) is 14.9. The van der Waals surface area contributed by atoms with Gasteiger partial charge in [0.2, 0.25) is 0 Å².